The number of Topliss-reactive ketones (excluding diaryl/α,β-unsaturated/α-hetero) is 1. The summed E-state index contributed by atoms with van der Waals surface area (Å²) in [7, 11) is 0. The highest BCUT2D eigenvalue weighted by Gasteiger charge is 2.23. The number of pyridine rings is 1. The number of halogens is 3. The molecular formula is C11H10ClF2NO. The molecule has 0 saturated heterocycles. The van der Waals surface area contributed by atoms with Gasteiger partial charge in [-0.2, -0.15) is 0 Å². The molecule has 0 unspecified atom stereocenters. The van der Waals surface area contributed by atoms with Crippen LogP contribution in [0.5, 0.6) is 0 Å². The largest absolute Gasteiger partial charge is 0.300 e. The normalized spacial score (nSPS) is 15.0. The molecule has 1 aromatic rings. The van der Waals surface area contributed by atoms with E-state index in [-0.39, 0.29) is 10.7 Å². The molecule has 1 heterocycles. The number of aromatic nitrogens is 1. The predicted octanol–water partition coefficient (Wildman–Crippen LogP) is 3.06. The van der Waals surface area contributed by atoms with Crippen molar-refractivity contribution in [1.29, 1.82) is 0 Å². The summed E-state index contributed by atoms with van der Waals surface area (Å²) in [6.07, 6.45) is 0.583. The molecule has 5 heteroatoms. The van der Waals surface area contributed by atoms with E-state index in [1.165, 1.54) is 6.07 Å². The van der Waals surface area contributed by atoms with Crippen molar-refractivity contribution in [2.24, 2.45) is 0 Å². The number of fused-ring (bicyclic) bond motifs is 1. The molecular weight excluding hydrogens is 236 g/mol. The first-order valence-corrected chi connectivity index (χ1v) is 5.48. The number of aryl methyl sites for hydroxylation is 2. The van der Waals surface area contributed by atoms with Crippen LogP contribution >= 0.6 is 11.6 Å². The Morgan fingerprint density at radius 1 is 1.38 bits per heavy atom. The van der Waals surface area contributed by atoms with E-state index in [1.807, 2.05) is 0 Å². The fourth-order valence-corrected chi connectivity index (χ4v) is 2.15. The third kappa shape index (κ3) is 2.07. The number of rotatable bonds is 2. The van der Waals surface area contributed by atoms with Crippen molar-refractivity contribution < 1.29 is 13.6 Å². The smallest absolute Gasteiger partial charge is 0.288 e. The van der Waals surface area contributed by atoms with Crippen LogP contribution in [-0.2, 0) is 12.8 Å². The first kappa shape index (κ1) is 11.5. The lowest BCUT2D eigenvalue weighted by Crippen LogP contribution is -2.14. The van der Waals surface area contributed by atoms with E-state index in [0.29, 0.717) is 0 Å². The second-order valence-electron chi connectivity index (χ2n) is 3.80. The summed E-state index contributed by atoms with van der Waals surface area (Å²) in [5.41, 5.74) is 1.55. The summed E-state index contributed by atoms with van der Waals surface area (Å²) >= 11 is 5.73. The summed E-state index contributed by atoms with van der Waals surface area (Å²) in [4.78, 5) is 15.2. The second-order valence-corrected chi connectivity index (χ2v) is 4.16. The van der Waals surface area contributed by atoms with E-state index >= 15 is 0 Å². The summed E-state index contributed by atoms with van der Waals surface area (Å²) in [5.74, 6) is -1.24. The van der Waals surface area contributed by atoms with Gasteiger partial charge in [0, 0.05) is 5.69 Å². The molecule has 2 rings (SSSR count). The number of hydrogen-bond donors (Lipinski definition) is 0. The lowest BCUT2D eigenvalue weighted by molar-refractivity contribution is 0.0678. The molecule has 0 spiro atoms. The van der Waals surface area contributed by atoms with Gasteiger partial charge in [0.2, 0.25) is 5.78 Å². The lowest BCUT2D eigenvalue weighted by Gasteiger charge is -2.16. The van der Waals surface area contributed by atoms with Gasteiger partial charge in [-0.3, -0.25) is 4.79 Å². The van der Waals surface area contributed by atoms with Crippen molar-refractivity contribution in [3.63, 3.8) is 0 Å². The molecule has 0 aliphatic heterocycles. The fourth-order valence-electron chi connectivity index (χ4n) is 1.90. The lowest BCUT2D eigenvalue weighted by atomic mass is 9.94. The van der Waals surface area contributed by atoms with Crippen molar-refractivity contribution in [1.82, 2.24) is 4.98 Å². The Hall–Kier alpha value is -1.03. The van der Waals surface area contributed by atoms with Crippen LogP contribution in [0.25, 0.3) is 0 Å². The zero-order chi connectivity index (χ0) is 11.7. The van der Waals surface area contributed by atoms with Gasteiger partial charge in [-0.05, 0) is 37.3 Å². The number of nitrogens with zero attached hydrogens (tertiary/aromatic N) is 1. The van der Waals surface area contributed by atoms with Crippen LogP contribution in [0.1, 0.15) is 34.5 Å². The monoisotopic (exact) mass is 245 g/mol. The molecule has 0 atom stereocenters. The summed E-state index contributed by atoms with van der Waals surface area (Å²) in [6.45, 7) is 0. The topological polar surface area (TPSA) is 30.0 Å². The zero-order valence-electron chi connectivity index (χ0n) is 8.47. The Balaban J connectivity index is 2.43. The van der Waals surface area contributed by atoms with E-state index in [0.717, 1.165) is 36.9 Å². The van der Waals surface area contributed by atoms with Gasteiger partial charge < -0.3 is 0 Å². The van der Waals surface area contributed by atoms with Gasteiger partial charge in [-0.15, -0.1) is 0 Å². The fraction of sp³-hybridized carbons (Fsp3) is 0.455. The van der Waals surface area contributed by atoms with Crippen LogP contribution in [0.3, 0.4) is 0 Å². The molecule has 0 fully saturated rings. The van der Waals surface area contributed by atoms with Crippen LogP contribution in [0.2, 0.25) is 5.15 Å². The van der Waals surface area contributed by atoms with Crippen molar-refractivity contribution in [3.8, 4) is 0 Å². The van der Waals surface area contributed by atoms with Crippen molar-refractivity contribution in [3.05, 3.63) is 28.0 Å². The number of alkyl halides is 2. The Morgan fingerprint density at radius 3 is 2.75 bits per heavy atom. The molecule has 1 aliphatic rings. The Labute approximate surface area is 96.6 Å². The van der Waals surface area contributed by atoms with Crippen LogP contribution in [0.15, 0.2) is 6.07 Å². The van der Waals surface area contributed by atoms with Crippen molar-refractivity contribution in [2.75, 3.05) is 0 Å². The molecule has 2 nitrogen and oxygen atoms in total. The molecule has 0 saturated carbocycles. The SMILES string of the molecule is O=C(c1cc2c(nc1Cl)CCCC2)C(F)F. The molecule has 86 valence electrons. The van der Waals surface area contributed by atoms with Gasteiger partial charge in [-0.25, -0.2) is 13.8 Å². The maximum atomic E-state index is 12.3. The molecule has 16 heavy (non-hydrogen) atoms. The van der Waals surface area contributed by atoms with E-state index in [4.69, 9.17) is 11.6 Å². The van der Waals surface area contributed by atoms with Crippen molar-refractivity contribution >= 4 is 17.4 Å². The van der Waals surface area contributed by atoms with E-state index in [2.05, 4.69) is 4.98 Å². The van der Waals surface area contributed by atoms with Gasteiger partial charge in [0.25, 0.3) is 0 Å². The van der Waals surface area contributed by atoms with E-state index in [9.17, 15) is 13.6 Å². The number of hydrogen-bond acceptors (Lipinski definition) is 2. The summed E-state index contributed by atoms with van der Waals surface area (Å²) < 4.78 is 24.6. The Kier molecular flexibility index (Phi) is 3.19. The molecule has 1 aliphatic carbocycles. The highest BCUT2D eigenvalue weighted by atomic mass is 35.5. The molecule has 1 aromatic heterocycles. The Bertz CT molecular complexity index is 434. The second kappa shape index (κ2) is 4.45. The first-order chi connectivity index (χ1) is 7.59. The first-order valence-electron chi connectivity index (χ1n) is 5.10. The number of ketones is 1. The predicted molar refractivity (Wildman–Crippen MR) is 56.2 cm³/mol. The Morgan fingerprint density at radius 2 is 2.06 bits per heavy atom. The third-order valence-electron chi connectivity index (χ3n) is 2.72. The molecule has 0 N–H and O–H groups in total. The maximum absolute atomic E-state index is 12.3. The average Bonchev–Trinajstić information content (AvgIpc) is 2.27. The summed E-state index contributed by atoms with van der Waals surface area (Å²) in [6, 6.07) is 1.47. The third-order valence-corrected chi connectivity index (χ3v) is 3.01. The summed E-state index contributed by atoms with van der Waals surface area (Å²) in [5, 5.41) is -0.106. The van der Waals surface area contributed by atoms with Crippen LogP contribution in [0.4, 0.5) is 8.78 Å². The van der Waals surface area contributed by atoms with Gasteiger partial charge >= 0.3 is 6.43 Å². The zero-order valence-corrected chi connectivity index (χ0v) is 9.23. The molecule has 0 amide bonds. The maximum Gasteiger partial charge on any atom is 0.300 e. The minimum absolute atomic E-state index is 0.106. The van der Waals surface area contributed by atoms with Gasteiger partial charge in [-0.1, -0.05) is 11.6 Å². The van der Waals surface area contributed by atoms with Crippen LogP contribution < -0.4 is 0 Å². The minimum atomic E-state index is -3.03. The highest BCUT2D eigenvalue weighted by Crippen LogP contribution is 2.25. The standard InChI is InChI=1S/C11H10ClF2NO/c12-10-7(9(16)11(13)14)5-6-3-1-2-4-8(6)15-10/h5,11H,1-4H2. The highest BCUT2D eigenvalue weighted by molar-refractivity contribution is 6.33. The van der Waals surface area contributed by atoms with Gasteiger partial charge in [0.05, 0.1) is 5.56 Å². The average molecular weight is 246 g/mol. The molecule has 0 bridgehead atoms. The van der Waals surface area contributed by atoms with Gasteiger partial charge in [0.15, 0.2) is 0 Å². The number of carbonyl (C=O) groups excluding carboxylic acids is 1. The van der Waals surface area contributed by atoms with Crippen LogP contribution in [0, 0.1) is 0 Å². The molecule has 0 aromatic carbocycles. The van der Waals surface area contributed by atoms with E-state index in [1.54, 1.807) is 0 Å². The van der Waals surface area contributed by atoms with E-state index < -0.39 is 12.2 Å². The molecule has 0 radical (unpaired) electrons. The number of carbonyl (C=O) groups is 1. The van der Waals surface area contributed by atoms with Gasteiger partial charge in [0.1, 0.15) is 5.15 Å². The van der Waals surface area contributed by atoms with Crippen molar-refractivity contribution in [2.45, 2.75) is 32.1 Å². The quantitative estimate of drug-likeness (QED) is 0.592. The van der Waals surface area contributed by atoms with Crippen LogP contribution in [-0.4, -0.2) is 17.2 Å². The minimum Gasteiger partial charge on any atom is -0.288 e.